The Labute approximate surface area is 442 Å². The Kier molecular flexibility index (Phi) is 58.5. The molecule has 1 amide bonds. The van der Waals surface area contributed by atoms with Crippen LogP contribution in [0.25, 0.3) is 0 Å². The first-order valence-corrected chi connectivity index (χ1v) is 31.4. The summed E-state index contributed by atoms with van der Waals surface area (Å²) in [5.41, 5.74) is 0. The van der Waals surface area contributed by atoms with Gasteiger partial charge in [0.2, 0.25) is 5.91 Å². The largest absolute Gasteiger partial charge is 0.466 e. The zero-order valence-electron chi connectivity index (χ0n) is 47.5. The molecule has 0 radical (unpaired) electrons. The van der Waals surface area contributed by atoms with Gasteiger partial charge in [0.1, 0.15) is 0 Å². The summed E-state index contributed by atoms with van der Waals surface area (Å²) in [6.07, 6.45) is 77.3. The maximum atomic E-state index is 12.4. The summed E-state index contributed by atoms with van der Waals surface area (Å²) < 4.78 is 5.47. The number of carbonyl (C=O) groups is 2. The molecule has 6 nitrogen and oxygen atoms in total. The maximum Gasteiger partial charge on any atom is 0.305 e. The van der Waals surface area contributed by atoms with Crippen LogP contribution in [0.2, 0.25) is 0 Å². The van der Waals surface area contributed by atoms with Gasteiger partial charge in [0.15, 0.2) is 0 Å². The van der Waals surface area contributed by atoms with E-state index in [-0.39, 0.29) is 18.5 Å². The summed E-state index contributed by atoms with van der Waals surface area (Å²) in [5.74, 6) is -0.0683. The fourth-order valence-corrected chi connectivity index (χ4v) is 9.49. The van der Waals surface area contributed by atoms with E-state index in [1.54, 1.807) is 6.08 Å². The van der Waals surface area contributed by atoms with Crippen LogP contribution < -0.4 is 5.32 Å². The van der Waals surface area contributed by atoms with E-state index >= 15 is 0 Å². The zero-order valence-corrected chi connectivity index (χ0v) is 47.5. The van der Waals surface area contributed by atoms with Crippen molar-refractivity contribution in [3.05, 3.63) is 48.6 Å². The molecule has 0 rings (SSSR count). The highest BCUT2D eigenvalue weighted by Gasteiger charge is 2.18. The second-order valence-corrected chi connectivity index (χ2v) is 21.4. The van der Waals surface area contributed by atoms with Crippen LogP contribution in [0.3, 0.4) is 0 Å². The minimum Gasteiger partial charge on any atom is -0.466 e. The molecule has 0 saturated heterocycles. The lowest BCUT2D eigenvalue weighted by Crippen LogP contribution is -2.45. The van der Waals surface area contributed by atoms with Crippen molar-refractivity contribution in [2.75, 3.05) is 13.2 Å². The van der Waals surface area contributed by atoms with Gasteiger partial charge in [-0.05, 0) is 83.5 Å². The van der Waals surface area contributed by atoms with Crippen LogP contribution in [0.15, 0.2) is 48.6 Å². The average Bonchev–Trinajstić information content (AvgIpc) is 3.37. The van der Waals surface area contributed by atoms with Gasteiger partial charge in [0, 0.05) is 12.8 Å². The number of aliphatic hydroxyl groups excluding tert-OH is 2. The Morgan fingerprint density at radius 2 is 0.732 bits per heavy atom. The summed E-state index contributed by atoms with van der Waals surface area (Å²) in [5, 5.41) is 23.1. The summed E-state index contributed by atoms with van der Waals surface area (Å²) >= 11 is 0. The van der Waals surface area contributed by atoms with Gasteiger partial charge in [-0.1, -0.05) is 281 Å². The molecule has 0 spiro atoms. The van der Waals surface area contributed by atoms with E-state index in [4.69, 9.17) is 4.74 Å². The number of hydrogen-bond donors (Lipinski definition) is 3. The fourth-order valence-electron chi connectivity index (χ4n) is 9.49. The maximum absolute atomic E-state index is 12.4. The van der Waals surface area contributed by atoms with Gasteiger partial charge >= 0.3 is 5.97 Å². The predicted molar refractivity (Wildman–Crippen MR) is 310 cm³/mol. The van der Waals surface area contributed by atoms with Gasteiger partial charge in [-0.25, -0.2) is 0 Å². The standard InChI is InChI=1S/C65H121NO5/c1-3-5-7-9-11-13-15-33-37-41-45-49-53-57-63(68)62(61-67)66-64(69)58-54-50-46-42-38-35-31-29-27-25-23-21-19-17-18-20-22-24-26-28-30-32-36-40-44-48-52-56-60-71-65(70)59-55-51-47-43-39-34-16-14-12-10-8-6-4-2/h8,10,14,16-18,53,57,62-63,67-68H,3-7,9,11-13,15,19-52,54-56,58-61H2,1-2H3,(H,66,69)/b10-8-,16-14-,18-17-,57-53+. The van der Waals surface area contributed by atoms with Crippen LogP contribution in [-0.2, 0) is 14.3 Å². The Morgan fingerprint density at radius 3 is 1.14 bits per heavy atom. The lowest BCUT2D eigenvalue weighted by Gasteiger charge is -2.20. The minimum atomic E-state index is -0.844. The average molecular weight is 997 g/mol. The summed E-state index contributed by atoms with van der Waals surface area (Å²) in [6, 6.07) is -0.627. The first-order chi connectivity index (χ1) is 35.0. The van der Waals surface area contributed by atoms with Gasteiger partial charge in [-0.3, -0.25) is 9.59 Å². The van der Waals surface area contributed by atoms with E-state index in [0.29, 0.717) is 19.4 Å². The zero-order chi connectivity index (χ0) is 51.4. The van der Waals surface area contributed by atoms with Gasteiger partial charge in [0.05, 0.1) is 25.4 Å². The van der Waals surface area contributed by atoms with Crippen molar-refractivity contribution in [1.29, 1.82) is 0 Å². The van der Waals surface area contributed by atoms with Crippen LogP contribution in [0.4, 0.5) is 0 Å². The molecule has 0 aromatic heterocycles. The number of hydrogen-bond acceptors (Lipinski definition) is 5. The highest BCUT2D eigenvalue weighted by atomic mass is 16.5. The Morgan fingerprint density at radius 1 is 0.394 bits per heavy atom. The highest BCUT2D eigenvalue weighted by Crippen LogP contribution is 2.17. The van der Waals surface area contributed by atoms with Crippen LogP contribution in [0.5, 0.6) is 0 Å². The van der Waals surface area contributed by atoms with E-state index in [9.17, 15) is 19.8 Å². The molecular weight excluding hydrogens is 875 g/mol. The number of esters is 1. The molecule has 0 heterocycles. The molecule has 0 aliphatic rings. The van der Waals surface area contributed by atoms with Crippen molar-refractivity contribution >= 4 is 11.9 Å². The number of amides is 1. The lowest BCUT2D eigenvalue weighted by molar-refractivity contribution is -0.143. The van der Waals surface area contributed by atoms with Crippen LogP contribution in [-0.4, -0.2) is 47.4 Å². The first-order valence-electron chi connectivity index (χ1n) is 31.4. The van der Waals surface area contributed by atoms with E-state index in [0.717, 1.165) is 51.4 Å². The minimum absolute atomic E-state index is 0.000326. The van der Waals surface area contributed by atoms with Crippen LogP contribution in [0.1, 0.15) is 328 Å². The number of rotatable bonds is 58. The number of carbonyl (C=O) groups excluding carboxylic acids is 2. The molecule has 2 unspecified atom stereocenters. The summed E-state index contributed by atoms with van der Waals surface area (Å²) in [4.78, 5) is 24.5. The number of aliphatic hydroxyl groups is 2. The van der Waals surface area contributed by atoms with E-state index in [2.05, 4.69) is 55.6 Å². The summed E-state index contributed by atoms with van der Waals surface area (Å²) in [6.45, 7) is 4.84. The second-order valence-electron chi connectivity index (χ2n) is 21.4. The van der Waals surface area contributed by atoms with Crippen molar-refractivity contribution in [2.45, 2.75) is 341 Å². The van der Waals surface area contributed by atoms with Crippen LogP contribution >= 0.6 is 0 Å². The van der Waals surface area contributed by atoms with E-state index < -0.39 is 12.1 Å². The van der Waals surface area contributed by atoms with Gasteiger partial charge in [-0.15, -0.1) is 0 Å². The molecular formula is C65H121NO5. The van der Waals surface area contributed by atoms with Crippen molar-refractivity contribution in [3.8, 4) is 0 Å². The van der Waals surface area contributed by atoms with E-state index in [1.807, 2.05) is 6.08 Å². The molecule has 2 atom stereocenters. The topological polar surface area (TPSA) is 95.9 Å². The first kappa shape index (κ1) is 68.8. The Bertz CT molecular complexity index is 1190. The van der Waals surface area contributed by atoms with Crippen molar-refractivity contribution < 1.29 is 24.5 Å². The third-order valence-electron chi connectivity index (χ3n) is 14.3. The predicted octanol–water partition coefficient (Wildman–Crippen LogP) is 19.7. The Balaban J connectivity index is 3.40. The normalized spacial score (nSPS) is 12.9. The molecule has 0 fully saturated rings. The Hall–Kier alpha value is -2.18. The van der Waals surface area contributed by atoms with Crippen molar-refractivity contribution in [2.24, 2.45) is 0 Å². The molecule has 3 N–H and O–H groups in total. The van der Waals surface area contributed by atoms with Gasteiger partial charge in [-0.2, -0.15) is 0 Å². The molecule has 0 aromatic carbocycles. The lowest BCUT2D eigenvalue weighted by atomic mass is 10.0. The fraction of sp³-hybridized carbons (Fsp3) is 0.846. The highest BCUT2D eigenvalue weighted by molar-refractivity contribution is 5.76. The SMILES string of the molecule is CCC/C=C\C/C=C\CCCCCCCC(=O)OCCCCCCCCCCCCCC/C=C\CCCCCCCCCCCCCCC(=O)NC(CO)C(O)/C=C/CCCCCCCCCCCCC. The molecule has 0 aliphatic carbocycles. The summed E-state index contributed by atoms with van der Waals surface area (Å²) in [7, 11) is 0. The second kappa shape index (κ2) is 60.4. The van der Waals surface area contributed by atoms with Crippen molar-refractivity contribution in [3.63, 3.8) is 0 Å². The molecule has 71 heavy (non-hydrogen) atoms. The number of ether oxygens (including phenoxy) is 1. The third-order valence-corrected chi connectivity index (χ3v) is 14.3. The quantitative estimate of drug-likeness (QED) is 0.0321. The molecule has 0 saturated carbocycles. The molecule has 0 aliphatic heterocycles. The molecule has 6 heteroatoms. The van der Waals surface area contributed by atoms with E-state index in [1.165, 1.54) is 250 Å². The monoisotopic (exact) mass is 996 g/mol. The van der Waals surface area contributed by atoms with Gasteiger partial charge < -0.3 is 20.3 Å². The number of nitrogens with one attached hydrogen (secondary N) is 1. The third kappa shape index (κ3) is 57.0. The smallest absolute Gasteiger partial charge is 0.305 e. The molecule has 0 bridgehead atoms. The van der Waals surface area contributed by atoms with Gasteiger partial charge in [0.25, 0.3) is 0 Å². The van der Waals surface area contributed by atoms with Crippen LogP contribution in [0, 0.1) is 0 Å². The number of allylic oxidation sites excluding steroid dienone is 7. The molecule has 0 aromatic rings. The van der Waals surface area contributed by atoms with Crippen molar-refractivity contribution in [1.82, 2.24) is 5.32 Å². The number of unbranched alkanes of at least 4 members (excludes halogenated alkanes) is 41. The molecule has 416 valence electrons.